The minimum absolute atomic E-state index is 0.198. The van der Waals surface area contributed by atoms with Crippen LogP contribution < -0.4 is 0 Å². The second-order valence-corrected chi connectivity index (χ2v) is 6.06. The summed E-state index contributed by atoms with van der Waals surface area (Å²) in [5.41, 5.74) is 2.80. The number of aliphatic hydroxyl groups excluding tert-OH is 1. The average molecular weight is 258 g/mol. The first kappa shape index (κ1) is 11.9. The maximum absolute atomic E-state index is 10.4. The molecule has 2 unspecified atom stereocenters. The Labute approximate surface area is 112 Å². The molecule has 2 atom stereocenters. The molecule has 0 radical (unpaired) electrons. The van der Waals surface area contributed by atoms with Crippen LogP contribution in [0.3, 0.4) is 0 Å². The van der Waals surface area contributed by atoms with Crippen LogP contribution in [0.25, 0.3) is 0 Å². The lowest BCUT2D eigenvalue weighted by molar-refractivity contribution is 0.134. The molecule has 1 heterocycles. The fraction of sp³-hybridized carbons (Fsp3) is 0.375. The number of rotatable bonds is 4. The molecular weight excluding hydrogens is 240 g/mol. The Morgan fingerprint density at radius 3 is 2.94 bits per heavy atom. The lowest BCUT2D eigenvalue weighted by Crippen LogP contribution is -2.17. The molecule has 0 spiro atoms. The number of thiophene rings is 1. The van der Waals surface area contributed by atoms with E-state index in [4.69, 9.17) is 0 Å². The second kappa shape index (κ2) is 5.25. The van der Waals surface area contributed by atoms with Gasteiger partial charge in [0, 0.05) is 10.8 Å². The van der Waals surface area contributed by atoms with Crippen LogP contribution in [0, 0.1) is 0 Å². The smallest absolute Gasteiger partial charge is 0.0612 e. The molecule has 0 saturated carbocycles. The van der Waals surface area contributed by atoms with Gasteiger partial charge < -0.3 is 5.11 Å². The SMILES string of the molecule is OC(CCc1cccs1)C1CCc2ccccc21. The standard InChI is InChI=1S/C16H18OS/c17-16(10-8-13-5-3-11-18-13)15-9-7-12-4-1-2-6-14(12)15/h1-6,11,15-17H,7-10H2. The van der Waals surface area contributed by atoms with Gasteiger partial charge >= 0.3 is 0 Å². The van der Waals surface area contributed by atoms with E-state index < -0.39 is 0 Å². The van der Waals surface area contributed by atoms with E-state index in [9.17, 15) is 5.11 Å². The van der Waals surface area contributed by atoms with E-state index in [1.165, 1.54) is 16.0 Å². The summed E-state index contributed by atoms with van der Waals surface area (Å²) in [6, 6.07) is 12.8. The third-order valence-corrected chi connectivity index (χ3v) is 4.85. The van der Waals surface area contributed by atoms with Crippen molar-refractivity contribution in [1.82, 2.24) is 0 Å². The second-order valence-electron chi connectivity index (χ2n) is 5.03. The minimum Gasteiger partial charge on any atom is -0.392 e. The van der Waals surface area contributed by atoms with Gasteiger partial charge in [-0.2, -0.15) is 0 Å². The molecule has 1 aromatic carbocycles. The Kier molecular flexibility index (Phi) is 3.48. The summed E-state index contributed by atoms with van der Waals surface area (Å²) in [4.78, 5) is 1.38. The summed E-state index contributed by atoms with van der Waals surface area (Å²) < 4.78 is 0. The Hall–Kier alpha value is -1.12. The molecule has 1 N–H and O–H groups in total. The van der Waals surface area contributed by atoms with Crippen LogP contribution in [-0.2, 0) is 12.8 Å². The van der Waals surface area contributed by atoms with Crippen LogP contribution in [0.2, 0.25) is 0 Å². The maximum atomic E-state index is 10.4. The fourth-order valence-corrected chi connectivity index (χ4v) is 3.66. The highest BCUT2D eigenvalue weighted by Gasteiger charge is 2.27. The molecule has 94 valence electrons. The van der Waals surface area contributed by atoms with Crippen molar-refractivity contribution in [3.05, 3.63) is 57.8 Å². The molecule has 1 aliphatic rings. The van der Waals surface area contributed by atoms with E-state index in [1.54, 1.807) is 11.3 Å². The molecule has 2 aromatic rings. The van der Waals surface area contributed by atoms with Crippen molar-refractivity contribution < 1.29 is 5.11 Å². The molecule has 0 fully saturated rings. The zero-order valence-corrected chi connectivity index (χ0v) is 11.2. The summed E-state index contributed by atoms with van der Waals surface area (Å²) in [6.07, 6.45) is 3.90. The first-order valence-corrected chi connectivity index (χ1v) is 7.51. The largest absolute Gasteiger partial charge is 0.392 e. The Morgan fingerprint density at radius 2 is 2.11 bits per heavy atom. The molecule has 0 amide bonds. The number of hydrogen-bond acceptors (Lipinski definition) is 2. The van der Waals surface area contributed by atoms with E-state index in [1.807, 2.05) is 0 Å². The molecule has 0 bridgehead atoms. The summed E-state index contributed by atoms with van der Waals surface area (Å²) in [7, 11) is 0. The van der Waals surface area contributed by atoms with Gasteiger partial charge in [-0.25, -0.2) is 0 Å². The van der Waals surface area contributed by atoms with Gasteiger partial charge in [-0.05, 0) is 48.3 Å². The van der Waals surface area contributed by atoms with E-state index >= 15 is 0 Å². The number of fused-ring (bicyclic) bond motifs is 1. The zero-order valence-electron chi connectivity index (χ0n) is 10.4. The van der Waals surface area contributed by atoms with Crippen molar-refractivity contribution >= 4 is 11.3 Å². The van der Waals surface area contributed by atoms with E-state index in [2.05, 4.69) is 41.8 Å². The minimum atomic E-state index is -0.198. The quantitative estimate of drug-likeness (QED) is 0.885. The van der Waals surface area contributed by atoms with Gasteiger partial charge in [0.15, 0.2) is 0 Å². The first-order chi connectivity index (χ1) is 8.84. The van der Waals surface area contributed by atoms with Crippen LogP contribution in [0.5, 0.6) is 0 Å². The van der Waals surface area contributed by atoms with Crippen LogP contribution >= 0.6 is 11.3 Å². The monoisotopic (exact) mass is 258 g/mol. The zero-order chi connectivity index (χ0) is 12.4. The van der Waals surface area contributed by atoms with Crippen molar-refractivity contribution in [1.29, 1.82) is 0 Å². The summed E-state index contributed by atoms with van der Waals surface area (Å²) in [5.74, 6) is 0.348. The fourth-order valence-electron chi connectivity index (χ4n) is 2.94. The van der Waals surface area contributed by atoms with E-state index in [0.717, 1.165) is 25.7 Å². The van der Waals surface area contributed by atoms with Crippen LogP contribution in [-0.4, -0.2) is 11.2 Å². The predicted octanol–water partition coefficient (Wildman–Crippen LogP) is 3.77. The number of benzene rings is 1. The topological polar surface area (TPSA) is 20.2 Å². The highest BCUT2D eigenvalue weighted by atomic mass is 32.1. The highest BCUT2D eigenvalue weighted by Crippen LogP contribution is 2.36. The number of aryl methyl sites for hydroxylation is 2. The molecule has 3 rings (SSSR count). The van der Waals surface area contributed by atoms with Crippen molar-refractivity contribution in [2.45, 2.75) is 37.7 Å². The molecule has 1 aromatic heterocycles. The molecule has 0 aliphatic heterocycles. The molecule has 2 heteroatoms. The number of hydrogen-bond donors (Lipinski definition) is 1. The van der Waals surface area contributed by atoms with Gasteiger partial charge in [0.1, 0.15) is 0 Å². The lowest BCUT2D eigenvalue weighted by atomic mass is 9.92. The number of aliphatic hydroxyl groups is 1. The van der Waals surface area contributed by atoms with Gasteiger partial charge in [-0.15, -0.1) is 11.3 Å². The molecule has 1 aliphatic carbocycles. The van der Waals surface area contributed by atoms with Gasteiger partial charge in [-0.3, -0.25) is 0 Å². The van der Waals surface area contributed by atoms with Gasteiger partial charge in [0.05, 0.1) is 6.10 Å². The third kappa shape index (κ3) is 2.36. The van der Waals surface area contributed by atoms with Gasteiger partial charge in [0.25, 0.3) is 0 Å². The lowest BCUT2D eigenvalue weighted by Gasteiger charge is -2.18. The maximum Gasteiger partial charge on any atom is 0.0612 e. The van der Waals surface area contributed by atoms with Crippen LogP contribution in [0.15, 0.2) is 41.8 Å². The molecule has 18 heavy (non-hydrogen) atoms. The van der Waals surface area contributed by atoms with Crippen molar-refractivity contribution in [3.8, 4) is 0 Å². The summed E-state index contributed by atoms with van der Waals surface area (Å²) in [6.45, 7) is 0. The normalized spacial score (nSPS) is 19.7. The molecular formula is C16H18OS. The van der Waals surface area contributed by atoms with Crippen molar-refractivity contribution in [3.63, 3.8) is 0 Å². The third-order valence-electron chi connectivity index (χ3n) is 3.91. The molecule has 1 nitrogen and oxygen atoms in total. The van der Waals surface area contributed by atoms with Crippen LogP contribution in [0.1, 0.15) is 34.8 Å². The van der Waals surface area contributed by atoms with Gasteiger partial charge in [0.2, 0.25) is 0 Å². The van der Waals surface area contributed by atoms with Crippen LogP contribution in [0.4, 0.5) is 0 Å². The predicted molar refractivity (Wildman–Crippen MR) is 76.2 cm³/mol. The van der Waals surface area contributed by atoms with Crippen molar-refractivity contribution in [2.75, 3.05) is 0 Å². The van der Waals surface area contributed by atoms with E-state index in [-0.39, 0.29) is 6.10 Å². The first-order valence-electron chi connectivity index (χ1n) is 6.63. The Balaban J connectivity index is 1.65. The molecule has 0 saturated heterocycles. The van der Waals surface area contributed by atoms with E-state index in [0.29, 0.717) is 5.92 Å². The summed E-state index contributed by atoms with van der Waals surface area (Å²) in [5, 5.41) is 12.5. The average Bonchev–Trinajstić information content (AvgIpc) is 3.05. The Bertz CT molecular complexity index is 504. The van der Waals surface area contributed by atoms with Gasteiger partial charge in [-0.1, -0.05) is 30.3 Å². The Morgan fingerprint density at radius 1 is 1.22 bits per heavy atom. The highest BCUT2D eigenvalue weighted by molar-refractivity contribution is 7.09. The van der Waals surface area contributed by atoms with Crippen molar-refractivity contribution in [2.24, 2.45) is 0 Å². The summed E-state index contributed by atoms with van der Waals surface area (Å²) >= 11 is 1.78.